The third kappa shape index (κ3) is 5.82. The number of ether oxygens (including phenoxy) is 1. The Bertz CT molecular complexity index is 540. The van der Waals surface area contributed by atoms with Gasteiger partial charge in [-0.3, -0.25) is 4.90 Å². The summed E-state index contributed by atoms with van der Waals surface area (Å²) in [6, 6.07) is 5.33. The van der Waals surface area contributed by atoms with Crippen LogP contribution in [0.2, 0.25) is 0 Å². The van der Waals surface area contributed by atoms with Crippen molar-refractivity contribution in [1.29, 1.82) is 0 Å². The molecule has 0 unspecified atom stereocenters. The van der Waals surface area contributed by atoms with Gasteiger partial charge in [0.1, 0.15) is 11.4 Å². The number of unbranched alkanes of at least 4 members (excludes halogenated alkanes) is 1. The molecule has 128 valence electrons. The molecule has 1 heterocycles. The molecular weight excluding hydrogens is 295 g/mol. The van der Waals surface area contributed by atoms with Gasteiger partial charge in [-0.05, 0) is 63.8 Å². The Balaban J connectivity index is 1.64. The van der Waals surface area contributed by atoms with E-state index in [1.807, 2.05) is 26.8 Å². The molecule has 4 nitrogen and oxygen atoms in total. The van der Waals surface area contributed by atoms with E-state index in [0.717, 1.165) is 50.0 Å². The number of nitrogens with one attached hydrogen (secondary N) is 1. The number of benzene rings is 1. The number of halogens is 1. The first kappa shape index (κ1) is 17.7. The fraction of sp³-hybridized carbons (Fsp3) is 0.611. The molecule has 1 aromatic carbocycles. The monoisotopic (exact) mass is 322 g/mol. The summed E-state index contributed by atoms with van der Waals surface area (Å²) in [4.78, 5) is 13.9. The van der Waals surface area contributed by atoms with E-state index in [0.29, 0.717) is 6.54 Å². The first-order chi connectivity index (χ1) is 10.8. The zero-order valence-electron chi connectivity index (χ0n) is 14.3. The number of alkyl carbamates (subject to hydrolysis) is 1. The molecule has 1 aliphatic rings. The molecule has 1 aliphatic heterocycles. The molecule has 0 aliphatic carbocycles. The lowest BCUT2D eigenvalue weighted by Crippen LogP contribution is -2.34. The van der Waals surface area contributed by atoms with Crippen LogP contribution >= 0.6 is 0 Å². The predicted octanol–water partition coefficient (Wildman–Crippen LogP) is 3.49. The van der Waals surface area contributed by atoms with E-state index >= 15 is 0 Å². The number of hydrogen-bond acceptors (Lipinski definition) is 3. The maximum Gasteiger partial charge on any atom is 0.407 e. The lowest BCUT2D eigenvalue weighted by Gasteiger charge is -2.28. The Hall–Kier alpha value is -1.62. The van der Waals surface area contributed by atoms with Crippen LogP contribution in [0.15, 0.2) is 18.2 Å². The summed E-state index contributed by atoms with van der Waals surface area (Å²) in [5.74, 6) is -0.0799. The Morgan fingerprint density at radius 2 is 2.13 bits per heavy atom. The van der Waals surface area contributed by atoms with Crippen molar-refractivity contribution in [1.82, 2.24) is 10.2 Å². The lowest BCUT2D eigenvalue weighted by atomic mass is 9.99. The standard InChI is InChI=1S/C18H27FN2O2/c1-18(2,3)23-17(22)20-10-4-5-11-21-12-9-15-14(13-21)7-6-8-16(15)19/h6-8H,4-5,9-13H2,1-3H3,(H,20,22). The molecule has 0 fully saturated rings. The molecule has 0 aromatic heterocycles. The maximum absolute atomic E-state index is 13.7. The lowest BCUT2D eigenvalue weighted by molar-refractivity contribution is 0.0526. The number of carbonyl (C=O) groups excluding carboxylic acids is 1. The smallest absolute Gasteiger partial charge is 0.407 e. The fourth-order valence-electron chi connectivity index (χ4n) is 2.78. The van der Waals surface area contributed by atoms with E-state index in [1.54, 1.807) is 6.07 Å². The summed E-state index contributed by atoms with van der Waals surface area (Å²) in [6.45, 7) is 8.84. The minimum atomic E-state index is -0.458. The van der Waals surface area contributed by atoms with Crippen molar-refractivity contribution in [3.63, 3.8) is 0 Å². The van der Waals surface area contributed by atoms with E-state index in [-0.39, 0.29) is 11.9 Å². The molecule has 0 saturated heterocycles. The van der Waals surface area contributed by atoms with Crippen molar-refractivity contribution >= 4 is 6.09 Å². The largest absolute Gasteiger partial charge is 0.444 e. The van der Waals surface area contributed by atoms with Gasteiger partial charge < -0.3 is 10.1 Å². The van der Waals surface area contributed by atoms with Gasteiger partial charge in [-0.2, -0.15) is 0 Å². The molecule has 0 radical (unpaired) electrons. The number of nitrogens with zero attached hydrogens (tertiary/aromatic N) is 1. The maximum atomic E-state index is 13.7. The van der Waals surface area contributed by atoms with Crippen LogP contribution in [0.3, 0.4) is 0 Å². The summed E-state index contributed by atoms with van der Waals surface area (Å²) in [5, 5.41) is 2.77. The second-order valence-corrected chi connectivity index (χ2v) is 7.04. The zero-order valence-corrected chi connectivity index (χ0v) is 14.3. The second-order valence-electron chi connectivity index (χ2n) is 7.04. The number of fused-ring (bicyclic) bond motifs is 1. The number of hydrogen-bond donors (Lipinski definition) is 1. The highest BCUT2D eigenvalue weighted by Gasteiger charge is 2.18. The summed E-state index contributed by atoms with van der Waals surface area (Å²) in [7, 11) is 0. The molecule has 2 rings (SSSR count). The third-order valence-electron chi connectivity index (χ3n) is 3.86. The Kier molecular flexibility index (Phi) is 5.99. The second kappa shape index (κ2) is 7.77. The average Bonchev–Trinajstić information content (AvgIpc) is 2.45. The van der Waals surface area contributed by atoms with E-state index < -0.39 is 5.60 Å². The van der Waals surface area contributed by atoms with Gasteiger partial charge >= 0.3 is 6.09 Å². The summed E-state index contributed by atoms with van der Waals surface area (Å²) in [6.07, 6.45) is 2.32. The van der Waals surface area contributed by atoms with Gasteiger partial charge in [-0.15, -0.1) is 0 Å². The number of carbonyl (C=O) groups is 1. The average molecular weight is 322 g/mol. The molecule has 1 amide bonds. The Labute approximate surface area is 138 Å². The van der Waals surface area contributed by atoms with Gasteiger partial charge in [0, 0.05) is 19.6 Å². The molecule has 0 spiro atoms. The van der Waals surface area contributed by atoms with Crippen LogP contribution in [0.4, 0.5) is 9.18 Å². The summed E-state index contributed by atoms with van der Waals surface area (Å²) in [5.41, 5.74) is 1.51. The normalized spacial score (nSPS) is 15.1. The van der Waals surface area contributed by atoms with Gasteiger partial charge in [0.25, 0.3) is 0 Å². The van der Waals surface area contributed by atoms with E-state index in [2.05, 4.69) is 10.2 Å². The minimum Gasteiger partial charge on any atom is -0.444 e. The van der Waals surface area contributed by atoms with Gasteiger partial charge in [0.2, 0.25) is 0 Å². The predicted molar refractivity (Wildman–Crippen MR) is 88.9 cm³/mol. The molecule has 1 N–H and O–H groups in total. The first-order valence-electron chi connectivity index (χ1n) is 8.30. The minimum absolute atomic E-state index is 0.0799. The van der Waals surface area contributed by atoms with Crippen molar-refractivity contribution in [2.24, 2.45) is 0 Å². The van der Waals surface area contributed by atoms with E-state index in [9.17, 15) is 9.18 Å². The van der Waals surface area contributed by atoms with Gasteiger partial charge in [-0.1, -0.05) is 12.1 Å². The third-order valence-corrected chi connectivity index (χ3v) is 3.86. The fourth-order valence-corrected chi connectivity index (χ4v) is 2.78. The van der Waals surface area contributed by atoms with Crippen molar-refractivity contribution in [2.75, 3.05) is 19.6 Å². The van der Waals surface area contributed by atoms with Crippen molar-refractivity contribution < 1.29 is 13.9 Å². The van der Waals surface area contributed by atoms with Crippen LogP contribution in [0.5, 0.6) is 0 Å². The molecule has 5 heteroatoms. The highest BCUT2D eigenvalue weighted by Crippen LogP contribution is 2.21. The zero-order chi connectivity index (χ0) is 16.9. The molecule has 0 bridgehead atoms. The molecule has 0 saturated carbocycles. The Morgan fingerprint density at radius 1 is 1.35 bits per heavy atom. The number of amides is 1. The highest BCUT2D eigenvalue weighted by atomic mass is 19.1. The summed E-state index contributed by atoms with van der Waals surface area (Å²) >= 11 is 0. The van der Waals surface area contributed by atoms with Gasteiger partial charge in [0.05, 0.1) is 0 Å². The van der Waals surface area contributed by atoms with E-state index in [4.69, 9.17) is 4.74 Å². The van der Waals surface area contributed by atoms with Crippen LogP contribution in [-0.4, -0.2) is 36.2 Å². The van der Waals surface area contributed by atoms with Crippen LogP contribution in [0.25, 0.3) is 0 Å². The van der Waals surface area contributed by atoms with Gasteiger partial charge in [0.15, 0.2) is 0 Å². The van der Waals surface area contributed by atoms with Crippen LogP contribution < -0.4 is 5.32 Å². The van der Waals surface area contributed by atoms with Crippen molar-refractivity contribution in [3.8, 4) is 0 Å². The molecule has 23 heavy (non-hydrogen) atoms. The highest BCUT2D eigenvalue weighted by molar-refractivity contribution is 5.67. The molecular formula is C18H27FN2O2. The van der Waals surface area contributed by atoms with Crippen LogP contribution in [0, 0.1) is 5.82 Å². The van der Waals surface area contributed by atoms with Crippen LogP contribution in [-0.2, 0) is 17.7 Å². The first-order valence-corrected chi connectivity index (χ1v) is 8.30. The quantitative estimate of drug-likeness (QED) is 0.844. The molecule has 1 aromatic rings. The Morgan fingerprint density at radius 3 is 2.87 bits per heavy atom. The van der Waals surface area contributed by atoms with Gasteiger partial charge in [-0.25, -0.2) is 9.18 Å². The summed E-state index contributed by atoms with van der Waals surface area (Å²) < 4.78 is 18.9. The number of rotatable bonds is 5. The topological polar surface area (TPSA) is 41.6 Å². The SMILES string of the molecule is CC(C)(C)OC(=O)NCCCCN1CCc2c(F)cccc2C1. The molecule has 0 atom stereocenters. The van der Waals surface area contributed by atoms with Crippen LogP contribution in [0.1, 0.15) is 44.7 Å². The van der Waals surface area contributed by atoms with Crippen molar-refractivity contribution in [3.05, 3.63) is 35.1 Å². The van der Waals surface area contributed by atoms with Crippen molar-refractivity contribution in [2.45, 2.75) is 52.2 Å². The van der Waals surface area contributed by atoms with E-state index in [1.165, 1.54) is 6.07 Å².